The van der Waals surface area contributed by atoms with Crippen molar-refractivity contribution < 1.29 is 4.42 Å². The molecule has 0 radical (unpaired) electrons. The lowest BCUT2D eigenvalue weighted by Gasteiger charge is -2.00. The Balaban J connectivity index is 1.55. The Hall–Kier alpha value is -1.86. The Labute approximate surface area is 143 Å². The third-order valence-electron chi connectivity index (χ3n) is 2.94. The molecule has 0 saturated carbocycles. The fourth-order valence-corrected chi connectivity index (χ4v) is 3.48. The Morgan fingerprint density at radius 2 is 1.65 bits per heavy atom. The monoisotopic (exact) mass is 344 g/mol. The molecule has 118 valence electrons. The highest BCUT2D eigenvalue weighted by molar-refractivity contribution is 7.98. The summed E-state index contributed by atoms with van der Waals surface area (Å²) in [7, 11) is 0. The van der Waals surface area contributed by atoms with Gasteiger partial charge in [0.1, 0.15) is 0 Å². The average molecular weight is 344 g/mol. The first-order valence-electron chi connectivity index (χ1n) is 7.13. The van der Waals surface area contributed by atoms with Crippen LogP contribution in [0.5, 0.6) is 0 Å². The standard InChI is InChI=1S/C16H16N4OS2/c1-11-8-12(2)18-15(17-11)22-10-14-19-20-16(21-14)23-9-13-6-4-3-5-7-13/h3-8H,9-10H2,1-2H3. The maximum atomic E-state index is 5.65. The molecule has 0 spiro atoms. The number of hydrogen-bond donors (Lipinski definition) is 0. The van der Waals surface area contributed by atoms with Crippen molar-refractivity contribution in [2.45, 2.75) is 35.7 Å². The fourth-order valence-electron chi connectivity index (χ4n) is 1.96. The molecule has 0 aliphatic carbocycles. The predicted molar refractivity (Wildman–Crippen MR) is 91.4 cm³/mol. The van der Waals surface area contributed by atoms with E-state index in [1.165, 1.54) is 17.3 Å². The number of rotatable bonds is 6. The molecule has 2 heterocycles. The van der Waals surface area contributed by atoms with Gasteiger partial charge in [-0.3, -0.25) is 0 Å². The molecule has 0 aliphatic heterocycles. The second-order valence-corrected chi connectivity index (χ2v) is 6.83. The van der Waals surface area contributed by atoms with Gasteiger partial charge in [0.05, 0.1) is 5.75 Å². The number of aryl methyl sites for hydroxylation is 2. The first kappa shape index (κ1) is 16.0. The summed E-state index contributed by atoms with van der Waals surface area (Å²) in [5.74, 6) is 1.98. The molecule has 0 N–H and O–H groups in total. The van der Waals surface area contributed by atoms with E-state index in [4.69, 9.17) is 4.42 Å². The van der Waals surface area contributed by atoms with Gasteiger partial charge in [0, 0.05) is 17.1 Å². The molecule has 0 bridgehead atoms. The summed E-state index contributed by atoms with van der Waals surface area (Å²) in [6.07, 6.45) is 0. The highest BCUT2D eigenvalue weighted by Crippen LogP contribution is 2.24. The third kappa shape index (κ3) is 4.80. The van der Waals surface area contributed by atoms with Gasteiger partial charge in [0.2, 0.25) is 5.89 Å². The lowest BCUT2D eigenvalue weighted by Crippen LogP contribution is -1.93. The van der Waals surface area contributed by atoms with Gasteiger partial charge in [-0.1, -0.05) is 53.9 Å². The van der Waals surface area contributed by atoms with E-state index in [9.17, 15) is 0 Å². The van der Waals surface area contributed by atoms with Gasteiger partial charge in [0.25, 0.3) is 5.22 Å². The Morgan fingerprint density at radius 1 is 0.913 bits per heavy atom. The minimum absolute atomic E-state index is 0.571. The second-order valence-electron chi connectivity index (χ2n) is 4.96. The molecule has 3 aromatic rings. The minimum Gasteiger partial charge on any atom is -0.415 e. The zero-order chi connectivity index (χ0) is 16.1. The van der Waals surface area contributed by atoms with Crippen molar-refractivity contribution in [1.29, 1.82) is 0 Å². The summed E-state index contributed by atoms with van der Waals surface area (Å²) < 4.78 is 5.65. The van der Waals surface area contributed by atoms with Crippen LogP contribution in [0.4, 0.5) is 0 Å². The number of benzene rings is 1. The summed E-state index contributed by atoms with van der Waals surface area (Å²) in [5, 5.41) is 9.47. The number of thioether (sulfide) groups is 2. The average Bonchev–Trinajstić information content (AvgIpc) is 2.99. The zero-order valence-electron chi connectivity index (χ0n) is 12.9. The molecule has 0 fully saturated rings. The lowest BCUT2D eigenvalue weighted by atomic mass is 10.2. The van der Waals surface area contributed by atoms with Crippen LogP contribution in [0.2, 0.25) is 0 Å². The molecule has 3 rings (SSSR count). The van der Waals surface area contributed by atoms with Crippen molar-refractivity contribution in [3.63, 3.8) is 0 Å². The number of hydrogen-bond acceptors (Lipinski definition) is 7. The van der Waals surface area contributed by atoms with Crippen LogP contribution in [-0.4, -0.2) is 20.2 Å². The molecule has 2 aromatic heterocycles. The van der Waals surface area contributed by atoms with E-state index in [0.29, 0.717) is 16.9 Å². The van der Waals surface area contributed by atoms with Gasteiger partial charge >= 0.3 is 0 Å². The maximum Gasteiger partial charge on any atom is 0.276 e. The van der Waals surface area contributed by atoms with Crippen molar-refractivity contribution in [3.05, 3.63) is 59.2 Å². The molecular formula is C16H16N4OS2. The normalized spacial score (nSPS) is 10.9. The summed E-state index contributed by atoms with van der Waals surface area (Å²) >= 11 is 3.04. The van der Waals surface area contributed by atoms with E-state index in [1.54, 1.807) is 11.8 Å². The van der Waals surface area contributed by atoms with Gasteiger partial charge in [-0.05, 0) is 25.5 Å². The first-order valence-corrected chi connectivity index (χ1v) is 9.10. The fraction of sp³-hybridized carbons (Fsp3) is 0.250. The smallest absolute Gasteiger partial charge is 0.276 e. The van der Waals surface area contributed by atoms with E-state index in [0.717, 1.165) is 22.3 Å². The predicted octanol–water partition coefficient (Wildman–Crippen LogP) is 4.06. The Bertz CT molecular complexity index is 757. The summed E-state index contributed by atoms with van der Waals surface area (Å²) in [6, 6.07) is 12.2. The summed E-state index contributed by atoms with van der Waals surface area (Å²) in [4.78, 5) is 8.78. The Kier molecular flexibility index (Phi) is 5.30. The highest BCUT2D eigenvalue weighted by Gasteiger charge is 2.09. The van der Waals surface area contributed by atoms with Crippen LogP contribution in [0.1, 0.15) is 22.8 Å². The van der Waals surface area contributed by atoms with Crippen LogP contribution >= 0.6 is 23.5 Å². The van der Waals surface area contributed by atoms with Crippen LogP contribution in [0.3, 0.4) is 0 Å². The third-order valence-corrected chi connectivity index (χ3v) is 4.66. The SMILES string of the molecule is Cc1cc(C)nc(SCc2nnc(SCc3ccccc3)o2)n1. The largest absolute Gasteiger partial charge is 0.415 e. The van der Waals surface area contributed by atoms with Crippen LogP contribution in [0, 0.1) is 13.8 Å². The number of nitrogens with zero attached hydrogens (tertiary/aromatic N) is 4. The van der Waals surface area contributed by atoms with E-state index >= 15 is 0 Å². The van der Waals surface area contributed by atoms with E-state index in [2.05, 4.69) is 32.3 Å². The zero-order valence-corrected chi connectivity index (χ0v) is 14.5. The second kappa shape index (κ2) is 7.61. The van der Waals surface area contributed by atoms with Crippen molar-refractivity contribution in [2.75, 3.05) is 0 Å². The van der Waals surface area contributed by atoms with Crippen LogP contribution in [0.15, 0.2) is 51.2 Å². The van der Waals surface area contributed by atoms with Crippen LogP contribution < -0.4 is 0 Å². The van der Waals surface area contributed by atoms with E-state index in [-0.39, 0.29) is 0 Å². The molecule has 0 amide bonds. The number of aromatic nitrogens is 4. The minimum atomic E-state index is 0.571. The molecule has 5 nitrogen and oxygen atoms in total. The highest BCUT2D eigenvalue weighted by atomic mass is 32.2. The van der Waals surface area contributed by atoms with Gasteiger partial charge in [0.15, 0.2) is 5.16 Å². The van der Waals surface area contributed by atoms with Crippen molar-refractivity contribution in [1.82, 2.24) is 20.2 Å². The van der Waals surface area contributed by atoms with E-state index < -0.39 is 0 Å². The molecule has 23 heavy (non-hydrogen) atoms. The quantitative estimate of drug-likeness (QED) is 0.493. The molecule has 0 unspecified atom stereocenters. The molecule has 1 aromatic carbocycles. The summed E-state index contributed by atoms with van der Waals surface area (Å²) in [6.45, 7) is 3.92. The van der Waals surface area contributed by atoms with Gasteiger partial charge in [-0.15, -0.1) is 10.2 Å². The first-order chi connectivity index (χ1) is 11.2. The molecule has 7 heteroatoms. The van der Waals surface area contributed by atoms with Crippen LogP contribution in [-0.2, 0) is 11.5 Å². The lowest BCUT2D eigenvalue weighted by molar-refractivity contribution is 0.426. The Morgan fingerprint density at radius 3 is 2.39 bits per heavy atom. The van der Waals surface area contributed by atoms with Crippen molar-refractivity contribution in [2.24, 2.45) is 0 Å². The maximum absolute atomic E-state index is 5.65. The van der Waals surface area contributed by atoms with Gasteiger partial charge in [-0.2, -0.15) is 0 Å². The van der Waals surface area contributed by atoms with Gasteiger partial charge in [-0.25, -0.2) is 9.97 Å². The molecular weight excluding hydrogens is 328 g/mol. The van der Waals surface area contributed by atoms with Crippen molar-refractivity contribution >= 4 is 23.5 Å². The van der Waals surface area contributed by atoms with Gasteiger partial charge < -0.3 is 4.42 Å². The van der Waals surface area contributed by atoms with Crippen molar-refractivity contribution in [3.8, 4) is 0 Å². The molecule has 0 aliphatic rings. The van der Waals surface area contributed by atoms with Crippen LogP contribution in [0.25, 0.3) is 0 Å². The molecule has 0 atom stereocenters. The molecule has 0 saturated heterocycles. The topological polar surface area (TPSA) is 64.7 Å². The van der Waals surface area contributed by atoms with E-state index in [1.807, 2.05) is 38.1 Å². The summed E-state index contributed by atoms with van der Waals surface area (Å²) in [5.41, 5.74) is 3.16.